The second-order valence-electron chi connectivity index (χ2n) is 7.57. The number of amides is 3. The van der Waals surface area contributed by atoms with E-state index in [0.29, 0.717) is 19.4 Å². The first-order valence-corrected chi connectivity index (χ1v) is 10.7. The Bertz CT molecular complexity index is 858. The Hall–Kier alpha value is -2.25. The first-order chi connectivity index (χ1) is 13.5. The van der Waals surface area contributed by atoms with Gasteiger partial charge in [0.2, 0.25) is 0 Å². The molecule has 6 nitrogen and oxygen atoms in total. The van der Waals surface area contributed by atoms with Crippen LogP contribution in [-0.2, 0) is 17.9 Å². The molecule has 3 amide bonds. The number of aryl methyl sites for hydroxylation is 1. The monoisotopic (exact) mass is 398 g/mol. The van der Waals surface area contributed by atoms with Gasteiger partial charge in [-0.3, -0.25) is 19.6 Å². The van der Waals surface area contributed by atoms with Crippen LogP contribution in [0.25, 0.3) is 0 Å². The third kappa shape index (κ3) is 3.22. The predicted octanol–water partition coefficient (Wildman–Crippen LogP) is 3.27. The van der Waals surface area contributed by atoms with E-state index in [1.165, 1.54) is 15.3 Å². The number of imide groups is 1. The highest BCUT2D eigenvalue weighted by Gasteiger charge is 2.57. The Morgan fingerprint density at radius 1 is 1.14 bits per heavy atom. The molecule has 0 N–H and O–H groups in total. The van der Waals surface area contributed by atoms with Gasteiger partial charge in [0.1, 0.15) is 5.54 Å². The van der Waals surface area contributed by atoms with Crippen LogP contribution in [0, 0.1) is 6.92 Å². The molecule has 2 fully saturated rings. The number of pyridine rings is 1. The topological polar surface area (TPSA) is 56.8 Å². The van der Waals surface area contributed by atoms with Crippen molar-refractivity contribution in [2.45, 2.75) is 45.3 Å². The zero-order valence-electron chi connectivity index (χ0n) is 16.4. The van der Waals surface area contributed by atoms with E-state index in [1.54, 1.807) is 22.4 Å². The summed E-state index contributed by atoms with van der Waals surface area (Å²) in [5, 5.41) is 2.13. The fraction of sp³-hybridized carbons (Fsp3) is 0.476. The summed E-state index contributed by atoms with van der Waals surface area (Å²) in [6.07, 6.45) is 3.07. The van der Waals surface area contributed by atoms with E-state index >= 15 is 0 Å². The van der Waals surface area contributed by atoms with Crippen molar-refractivity contribution < 1.29 is 9.59 Å². The molecule has 2 saturated heterocycles. The van der Waals surface area contributed by atoms with Gasteiger partial charge in [-0.2, -0.15) is 0 Å². The Labute approximate surface area is 169 Å². The first-order valence-electron chi connectivity index (χ1n) is 9.84. The third-order valence-electron chi connectivity index (χ3n) is 6.00. The zero-order valence-corrected chi connectivity index (χ0v) is 17.2. The predicted molar refractivity (Wildman–Crippen MR) is 109 cm³/mol. The van der Waals surface area contributed by atoms with Gasteiger partial charge in [-0.05, 0) is 55.8 Å². The van der Waals surface area contributed by atoms with E-state index in [2.05, 4.69) is 28.3 Å². The molecule has 7 heteroatoms. The van der Waals surface area contributed by atoms with Crippen LogP contribution in [0.2, 0.25) is 0 Å². The molecule has 2 aromatic heterocycles. The minimum atomic E-state index is -0.693. The highest BCUT2D eigenvalue weighted by Crippen LogP contribution is 2.38. The van der Waals surface area contributed by atoms with Crippen LogP contribution in [0.3, 0.4) is 0 Å². The lowest BCUT2D eigenvalue weighted by atomic mass is 9.85. The Kier molecular flexibility index (Phi) is 5.21. The van der Waals surface area contributed by atoms with Crippen LogP contribution in [-0.4, -0.2) is 56.8 Å². The standard InChI is InChI=1S/C21H26N4O2S/c1-3-25-20(27)24(14-17-6-4-5-10-22-17)19(26)21(25)8-11-23(12-9-21)15-18-16(2)7-13-28-18/h4-7,10,13H,3,8-9,11-12,14-15H2,1-2H3. The van der Waals surface area contributed by atoms with Crippen molar-refractivity contribution in [1.82, 2.24) is 19.7 Å². The zero-order chi connectivity index (χ0) is 19.7. The second-order valence-corrected chi connectivity index (χ2v) is 8.57. The molecule has 0 saturated carbocycles. The fourth-order valence-electron chi connectivity index (χ4n) is 4.35. The number of aromatic nitrogens is 1. The highest BCUT2D eigenvalue weighted by atomic mass is 32.1. The van der Waals surface area contributed by atoms with Gasteiger partial charge in [-0.1, -0.05) is 6.07 Å². The number of likely N-dealkylation sites (N-methyl/N-ethyl adjacent to an activating group) is 1. The molecule has 28 heavy (non-hydrogen) atoms. The molecule has 0 atom stereocenters. The van der Waals surface area contributed by atoms with Gasteiger partial charge in [0, 0.05) is 37.3 Å². The molecule has 2 aliphatic heterocycles. The number of nitrogens with zero attached hydrogens (tertiary/aromatic N) is 4. The summed E-state index contributed by atoms with van der Waals surface area (Å²) in [4.78, 5) is 37.6. The van der Waals surface area contributed by atoms with Gasteiger partial charge >= 0.3 is 6.03 Å². The molecule has 0 bridgehead atoms. The number of urea groups is 1. The summed E-state index contributed by atoms with van der Waals surface area (Å²) in [7, 11) is 0. The van der Waals surface area contributed by atoms with Crippen LogP contribution in [0.4, 0.5) is 4.79 Å². The summed E-state index contributed by atoms with van der Waals surface area (Å²) in [5.41, 5.74) is 1.37. The van der Waals surface area contributed by atoms with Gasteiger partial charge in [0.05, 0.1) is 12.2 Å². The number of carbonyl (C=O) groups is 2. The van der Waals surface area contributed by atoms with Crippen molar-refractivity contribution >= 4 is 23.3 Å². The van der Waals surface area contributed by atoms with Gasteiger partial charge < -0.3 is 4.90 Å². The van der Waals surface area contributed by atoms with Crippen molar-refractivity contribution in [3.05, 3.63) is 52.0 Å². The molecular formula is C21H26N4O2S. The number of thiophene rings is 1. The quantitative estimate of drug-likeness (QED) is 0.726. The molecule has 0 radical (unpaired) electrons. The lowest BCUT2D eigenvalue weighted by Gasteiger charge is -2.41. The minimum absolute atomic E-state index is 0.0584. The third-order valence-corrected chi connectivity index (χ3v) is 7.01. The van der Waals surface area contributed by atoms with Gasteiger partial charge in [-0.15, -0.1) is 11.3 Å². The maximum Gasteiger partial charge on any atom is 0.328 e. The van der Waals surface area contributed by atoms with Crippen molar-refractivity contribution in [2.75, 3.05) is 19.6 Å². The Morgan fingerprint density at radius 3 is 2.54 bits per heavy atom. The molecule has 1 spiro atoms. The van der Waals surface area contributed by atoms with Gasteiger partial charge in [-0.25, -0.2) is 4.79 Å². The SMILES string of the molecule is CCN1C(=O)N(Cc2ccccn2)C(=O)C12CCN(Cc1sccc1C)CC2. The lowest BCUT2D eigenvalue weighted by molar-refractivity contribution is -0.136. The second kappa shape index (κ2) is 7.64. The van der Waals surface area contributed by atoms with E-state index < -0.39 is 5.54 Å². The van der Waals surface area contributed by atoms with Crippen LogP contribution in [0.5, 0.6) is 0 Å². The van der Waals surface area contributed by atoms with Crippen molar-refractivity contribution in [3.8, 4) is 0 Å². The van der Waals surface area contributed by atoms with E-state index in [0.717, 1.165) is 25.3 Å². The smallest absolute Gasteiger partial charge is 0.310 e. The van der Waals surface area contributed by atoms with Crippen molar-refractivity contribution in [3.63, 3.8) is 0 Å². The van der Waals surface area contributed by atoms with Crippen molar-refractivity contribution in [2.24, 2.45) is 0 Å². The highest BCUT2D eigenvalue weighted by molar-refractivity contribution is 7.10. The number of piperidine rings is 1. The maximum absolute atomic E-state index is 13.4. The first kappa shape index (κ1) is 19.1. The van der Waals surface area contributed by atoms with Crippen LogP contribution in [0.1, 0.15) is 35.9 Å². The van der Waals surface area contributed by atoms with E-state index in [-0.39, 0.29) is 18.5 Å². The number of rotatable bonds is 5. The molecular weight excluding hydrogens is 372 g/mol. The van der Waals surface area contributed by atoms with Crippen LogP contribution >= 0.6 is 11.3 Å². The normalized spacial score (nSPS) is 19.8. The van der Waals surface area contributed by atoms with E-state index in [1.807, 2.05) is 25.1 Å². The maximum atomic E-state index is 13.4. The average Bonchev–Trinajstić information content (AvgIpc) is 3.19. The Morgan fingerprint density at radius 2 is 1.93 bits per heavy atom. The molecule has 4 rings (SSSR count). The molecule has 2 aromatic rings. The summed E-state index contributed by atoms with van der Waals surface area (Å²) >= 11 is 1.79. The summed E-state index contributed by atoms with van der Waals surface area (Å²) in [5.74, 6) is -0.0584. The molecule has 0 aromatic carbocycles. The summed E-state index contributed by atoms with van der Waals surface area (Å²) in [6, 6.07) is 7.54. The molecule has 0 aliphatic carbocycles. The number of hydrogen-bond acceptors (Lipinski definition) is 5. The number of likely N-dealkylation sites (tertiary alicyclic amines) is 1. The molecule has 148 valence electrons. The average molecular weight is 399 g/mol. The summed E-state index contributed by atoms with van der Waals surface area (Å²) in [6.45, 7) is 7.46. The van der Waals surface area contributed by atoms with Crippen LogP contribution < -0.4 is 0 Å². The number of carbonyl (C=O) groups excluding carboxylic acids is 2. The van der Waals surface area contributed by atoms with Gasteiger partial charge in [0.15, 0.2) is 0 Å². The molecule has 4 heterocycles. The molecule has 0 unspecified atom stereocenters. The lowest BCUT2D eigenvalue weighted by Crippen LogP contribution is -2.56. The largest absolute Gasteiger partial charge is 0.328 e. The van der Waals surface area contributed by atoms with Gasteiger partial charge in [0.25, 0.3) is 5.91 Å². The van der Waals surface area contributed by atoms with E-state index in [9.17, 15) is 9.59 Å². The van der Waals surface area contributed by atoms with Crippen molar-refractivity contribution in [1.29, 1.82) is 0 Å². The fourth-order valence-corrected chi connectivity index (χ4v) is 5.29. The van der Waals surface area contributed by atoms with E-state index in [4.69, 9.17) is 0 Å². The number of hydrogen-bond donors (Lipinski definition) is 0. The molecule has 2 aliphatic rings. The Balaban J connectivity index is 1.49. The summed E-state index contributed by atoms with van der Waals surface area (Å²) < 4.78 is 0. The van der Waals surface area contributed by atoms with Crippen LogP contribution in [0.15, 0.2) is 35.8 Å². The minimum Gasteiger partial charge on any atom is -0.310 e.